The Labute approximate surface area is 158 Å². The Kier molecular flexibility index (Phi) is 5.63. The Morgan fingerprint density at radius 1 is 1.27 bits per heavy atom. The minimum Gasteiger partial charge on any atom is -0.311 e. The van der Waals surface area contributed by atoms with E-state index in [2.05, 4.69) is 15.7 Å². The number of hydrogen-bond donors (Lipinski definition) is 2. The van der Waals surface area contributed by atoms with Gasteiger partial charge in [0.15, 0.2) is 0 Å². The summed E-state index contributed by atoms with van der Waals surface area (Å²) in [5.74, 6) is 0.807. The molecule has 2 aliphatic heterocycles. The van der Waals surface area contributed by atoms with Gasteiger partial charge in [0.05, 0.1) is 11.4 Å². The first kappa shape index (κ1) is 18.9. The van der Waals surface area contributed by atoms with Crippen LogP contribution in [-0.4, -0.2) is 27.8 Å². The highest BCUT2D eigenvalue weighted by Gasteiger charge is 2.34. The molecule has 7 heteroatoms. The van der Waals surface area contributed by atoms with Crippen molar-refractivity contribution in [3.63, 3.8) is 0 Å². The summed E-state index contributed by atoms with van der Waals surface area (Å²) >= 11 is 0. The highest BCUT2D eigenvalue weighted by Crippen LogP contribution is 2.32. The molecule has 0 aliphatic carbocycles. The van der Waals surface area contributed by atoms with Crippen molar-refractivity contribution in [2.45, 2.75) is 51.1 Å². The van der Waals surface area contributed by atoms with Crippen LogP contribution in [0, 0.1) is 18.7 Å². The minimum absolute atomic E-state index is 0. The van der Waals surface area contributed by atoms with Crippen LogP contribution >= 0.6 is 12.4 Å². The number of amides is 1. The van der Waals surface area contributed by atoms with E-state index in [0.717, 1.165) is 24.2 Å². The molecule has 26 heavy (non-hydrogen) atoms. The predicted molar refractivity (Wildman–Crippen MR) is 101 cm³/mol. The van der Waals surface area contributed by atoms with E-state index in [0.29, 0.717) is 30.2 Å². The molecular weight excluding hydrogens is 355 g/mol. The van der Waals surface area contributed by atoms with E-state index in [1.54, 1.807) is 16.8 Å². The summed E-state index contributed by atoms with van der Waals surface area (Å²) in [6, 6.07) is 9.11. The fourth-order valence-electron chi connectivity index (χ4n) is 4.17. The van der Waals surface area contributed by atoms with Crippen molar-refractivity contribution in [3.05, 3.63) is 41.8 Å². The summed E-state index contributed by atoms with van der Waals surface area (Å²) in [5.41, 5.74) is 1.53. The summed E-state index contributed by atoms with van der Waals surface area (Å²) in [6.45, 7) is 1.88. The molecule has 2 fully saturated rings. The SMILES string of the molecule is Cc1cc(NC(=O)CC2CC3CCC(C2)N3)n(-c2ccc(F)cc2)n1.Cl. The van der Waals surface area contributed by atoms with Crippen LogP contribution in [0.15, 0.2) is 30.3 Å². The molecule has 2 atom stereocenters. The number of rotatable bonds is 4. The normalized spacial score (nSPS) is 24.2. The topological polar surface area (TPSA) is 59.0 Å². The Bertz CT molecular complexity index is 764. The second-order valence-corrected chi connectivity index (χ2v) is 7.29. The van der Waals surface area contributed by atoms with Crippen molar-refractivity contribution < 1.29 is 9.18 Å². The summed E-state index contributed by atoms with van der Waals surface area (Å²) in [6.07, 6.45) is 5.18. The Morgan fingerprint density at radius 3 is 2.58 bits per heavy atom. The zero-order chi connectivity index (χ0) is 17.4. The van der Waals surface area contributed by atoms with E-state index >= 15 is 0 Å². The number of benzene rings is 1. The van der Waals surface area contributed by atoms with Crippen molar-refractivity contribution in [2.75, 3.05) is 5.32 Å². The van der Waals surface area contributed by atoms with Gasteiger partial charge in [0, 0.05) is 24.6 Å². The maximum absolute atomic E-state index is 13.1. The number of hydrogen-bond acceptors (Lipinski definition) is 3. The standard InChI is InChI=1S/C19H23FN4O.ClH/c1-12-8-18(24(23-12)17-6-2-14(20)3-7-17)22-19(25)11-13-9-15-4-5-16(10-13)21-15;/h2-3,6-8,13,15-16,21H,4-5,9-11H2,1H3,(H,22,25);1H. The largest absolute Gasteiger partial charge is 0.311 e. The van der Waals surface area contributed by atoms with Gasteiger partial charge >= 0.3 is 0 Å². The molecule has 2 saturated heterocycles. The first-order valence-electron chi connectivity index (χ1n) is 8.95. The van der Waals surface area contributed by atoms with Crippen LogP contribution < -0.4 is 10.6 Å². The molecule has 0 saturated carbocycles. The molecule has 0 spiro atoms. The number of carbonyl (C=O) groups is 1. The van der Waals surface area contributed by atoms with Crippen LogP contribution in [0.4, 0.5) is 10.2 Å². The smallest absolute Gasteiger partial charge is 0.225 e. The number of fused-ring (bicyclic) bond motifs is 2. The van der Waals surface area contributed by atoms with Crippen LogP contribution in [-0.2, 0) is 4.79 Å². The van der Waals surface area contributed by atoms with Crippen LogP contribution in [0.1, 0.15) is 37.8 Å². The van der Waals surface area contributed by atoms with Crippen molar-refractivity contribution in [1.29, 1.82) is 0 Å². The van der Waals surface area contributed by atoms with Crippen LogP contribution in [0.25, 0.3) is 5.69 Å². The third-order valence-corrected chi connectivity index (χ3v) is 5.21. The maximum atomic E-state index is 13.1. The van der Waals surface area contributed by atoms with Gasteiger partial charge in [-0.2, -0.15) is 5.10 Å². The van der Waals surface area contributed by atoms with Gasteiger partial charge < -0.3 is 10.6 Å². The fraction of sp³-hybridized carbons (Fsp3) is 0.474. The number of piperidine rings is 1. The molecule has 4 rings (SSSR count). The zero-order valence-electron chi connectivity index (χ0n) is 14.7. The predicted octanol–water partition coefficient (Wildman–Crippen LogP) is 3.60. The summed E-state index contributed by atoms with van der Waals surface area (Å²) < 4.78 is 14.8. The molecule has 1 aromatic heterocycles. The third kappa shape index (κ3) is 4.07. The second-order valence-electron chi connectivity index (χ2n) is 7.29. The minimum atomic E-state index is -0.293. The van der Waals surface area contributed by atoms with Gasteiger partial charge in [0.2, 0.25) is 5.91 Å². The van der Waals surface area contributed by atoms with Gasteiger partial charge in [-0.25, -0.2) is 9.07 Å². The van der Waals surface area contributed by atoms with Crippen molar-refractivity contribution in [3.8, 4) is 5.69 Å². The van der Waals surface area contributed by atoms with E-state index in [9.17, 15) is 9.18 Å². The van der Waals surface area contributed by atoms with Crippen molar-refractivity contribution in [1.82, 2.24) is 15.1 Å². The third-order valence-electron chi connectivity index (χ3n) is 5.21. The quantitative estimate of drug-likeness (QED) is 0.854. The lowest BCUT2D eigenvalue weighted by molar-refractivity contribution is -0.117. The van der Waals surface area contributed by atoms with Gasteiger partial charge in [-0.15, -0.1) is 12.4 Å². The van der Waals surface area contributed by atoms with Crippen LogP contribution in [0.5, 0.6) is 0 Å². The Morgan fingerprint density at radius 2 is 1.92 bits per heavy atom. The molecule has 5 nitrogen and oxygen atoms in total. The van der Waals surface area contributed by atoms with Crippen molar-refractivity contribution >= 4 is 24.1 Å². The van der Waals surface area contributed by atoms with Crippen molar-refractivity contribution in [2.24, 2.45) is 5.92 Å². The maximum Gasteiger partial charge on any atom is 0.225 e. The Balaban J connectivity index is 0.00000196. The number of nitrogens with zero attached hydrogens (tertiary/aromatic N) is 2. The van der Waals surface area contributed by atoms with E-state index < -0.39 is 0 Å². The fourth-order valence-corrected chi connectivity index (χ4v) is 4.17. The van der Waals surface area contributed by atoms with E-state index in [1.165, 1.54) is 25.0 Å². The average molecular weight is 379 g/mol. The number of anilines is 1. The zero-order valence-corrected chi connectivity index (χ0v) is 15.6. The summed E-state index contributed by atoms with van der Waals surface area (Å²) in [7, 11) is 0. The van der Waals surface area contributed by atoms with E-state index in [1.807, 2.05) is 13.0 Å². The van der Waals surface area contributed by atoms with E-state index in [4.69, 9.17) is 0 Å². The second kappa shape index (κ2) is 7.76. The molecule has 3 heterocycles. The number of aryl methyl sites for hydroxylation is 1. The van der Waals surface area contributed by atoms with Gasteiger partial charge in [-0.3, -0.25) is 4.79 Å². The number of halogens is 2. The molecule has 2 unspecified atom stereocenters. The molecule has 1 aromatic carbocycles. The molecule has 2 aliphatic rings. The number of nitrogens with one attached hydrogen (secondary N) is 2. The highest BCUT2D eigenvalue weighted by molar-refractivity contribution is 5.90. The van der Waals surface area contributed by atoms with Gasteiger partial charge in [-0.05, 0) is 62.8 Å². The van der Waals surface area contributed by atoms with Gasteiger partial charge in [0.1, 0.15) is 11.6 Å². The van der Waals surface area contributed by atoms with Gasteiger partial charge in [0.25, 0.3) is 0 Å². The van der Waals surface area contributed by atoms with E-state index in [-0.39, 0.29) is 24.1 Å². The first-order valence-corrected chi connectivity index (χ1v) is 8.95. The highest BCUT2D eigenvalue weighted by atomic mass is 35.5. The lowest BCUT2D eigenvalue weighted by Crippen LogP contribution is -2.39. The first-order chi connectivity index (χ1) is 12.1. The summed E-state index contributed by atoms with van der Waals surface area (Å²) in [5, 5.41) is 11.0. The molecular formula is C19H24ClFN4O. The lowest BCUT2D eigenvalue weighted by atomic mass is 9.89. The molecule has 1 amide bonds. The molecule has 2 bridgehead atoms. The van der Waals surface area contributed by atoms with Crippen LogP contribution in [0.2, 0.25) is 0 Å². The summed E-state index contributed by atoms with van der Waals surface area (Å²) in [4.78, 5) is 12.5. The molecule has 0 radical (unpaired) electrons. The Hall–Kier alpha value is -1.92. The number of aromatic nitrogens is 2. The molecule has 2 aromatic rings. The van der Waals surface area contributed by atoms with Crippen LogP contribution in [0.3, 0.4) is 0 Å². The van der Waals surface area contributed by atoms with Gasteiger partial charge in [-0.1, -0.05) is 0 Å². The molecule has 140 valence electrons. The lowest BCUT2D eigenvalue weighted by Gasteiger charge is -2.28. The molecule has 2 N–H and O–H groups in total. The number of carbonyl (C=O) groups excluding carboxylic acids is 1. The monoisotopic (exact) mass is 378 g/mol. The average Bonchev–Trinajstić information content (AvgIpc) is 3.10.